The van der Waals surface area contributed by atoms with Crippen LogP contribution in [-0.4, -0.2) is 38.9 Å². The van der Waals surface area contributed by atoms with Crippen LogP contribution in [0, 0.1) is 0 Å². The summed E-state index contributed by atoms with van der Waals surface area (Å²) in [6.45, 7) is 2.74. The Morgan fingerprint density at radius 3 is 2.59 bits per heavy atom. The van der Waals surface area contributed by atoms with Crippen LogP contribution in [0.1, 0.15) is 36.5 Å². The normalized spacial score (nSPS) is 17.6. The summed E-state index contributed by atoms with van der Waals surface area (Å²) in [5, 5.41) is 0.456. The number of hydrogen-bond acceptors (Lipinski definition) is 3. The number of amides is 1. The van der Waals surface area contributed by atoms with Gasteiger partial charge in [-0.25, -0.2) is 8.42 Å². The van der Waals surface area contributed by atoms with Crippen LogP contribution in [-0.2, 0) is 10.0 Å². The molecule has 1 amide bonds. The molecule has 27 heavy (non-hydrogen) atoms. The van der Waals surface area contributed by atoms with E-state index in [0.717, 1.165) is 19.3 Å². The number of carbonyl (C=O) groups is 1. The molecule has 0 radical (unpaired) electrons. The topological polar surface area (TPSA) is 57.7 Å². The Bertz CT molecular complexity index is 946. The second kappa shape index (κ2) is 7.90. The highest BCUT2D eigenvalue weighted by molar-refractivity contribution is 7.92. The molecule has 5 nitrogen and oxygen atoms in total. The zero-order valence-electron chi connectivity index (χ0n) is 15.4. The number of anilines is 1. The van der Waals surface area contributed by atoms with Crippen molar-refractivity contribution in [1.29, 1.82) is 0 Å². The fraction of sp³-hybridized carbons (Fsp3) is 0.350. The van der Waals surface area contributed by atoms with Gasteiger partial charge in [-0.2, -0.15) is 0 Å². The Morgan fingerprint density at radius 1 is 1.15 bits per heavy atom. The van der Waals surface area contributed by atoms with E-state index in [4.69, 9.17) is 11.6 Å². The van der Waals surface area contributed by atoms with Crippen LogP contribution in [0.5, 0.6) is 0 Å². The van der Waals surface area contributed by atoms with E-state index in [1.807, 2.05) is 11.8 Å². The summed E-state index contributed by atoms with van der Waals surface area (Å²) in [5.74, 6) is -0.121. The standard InChI is InChI=1S/C20H23ClN2O3S/c1-15-7-3-4-12-23(15)20(24)16-8-5-11-19(13-16)27(25,26)22(2)18-10-6-9-17(21)14-18/h5-6,8-11,13-15H,3-4,7,12H2,1-2H3. The zero-order valence-corrected chi connectivity index (χ0v) is 17.0. The van der Waals surface area contributed by atoms with E-state index < -0.39 is 10.0 Å². The minimum Gasteiger partial charge on any atom is -0.336 e. The van der Waals surface area contributed by atoms with Crippen molar-refractivity contribution in [2.75, 3.05) is 17.9 Å². The molecule has 7 heteroatoms. The number of likely N-dealkylation sites (tertiary alicyclic amines) is 1. The number of nitrogens with zero attached hydrogens (tertiary/aromatic N) is 2. The molecule has 0 spiro atoms. The van der Waals surface area contributed by atoms with E-state index in [1.54, 1.807) is 36.4 Å². The van der Waals surface area contributed by atoms with E-state index >= 15 is 0 Å². The maximum atomic E-state index is 13.0. The van der Waals surface area contributed by atoms with Gasteiger partial charge in [0.15, 0.2) is 0 Å². The number of rotatable bonds is 4. The van der Waals surface area contributed by atoms with Crippen molar-refractivity contribution in [1.82, 2.24) is 4.90 Å². The summed E-state index contributed by atoms with van der Waals surface area (Å²) in [4.78, 5) is 14.8. The molecule has 1 fully saturated rings. The molecule has 1 aliphatic heterocycles. The lowest BCUT2D eigenvalue weighted by Gasteiger charge is -2.33. The molecule has 0 N–H and O–H groups in total. The number of halogens is 1. The van der Waals surface area contributed by atoms with Gasteiger partial charge in [0.2, 0.25) is 0 Å². The molecule has 3 rings (SSSR count). The average molecular weight is 407 g/mol. The van der Waals surface area contributed by atoms with Crippen LogP contribution in [0.2, 0.25) is 5.02 Å². The Morgan fingerprint density at radius 2 is 1.89 bits per heavy atom. The van der Waals surface area contributed by atoms with Crippen LogP contribution in [0.25, 0.3) is 0 Å². The summed E-state index contributed by atoms with van der Waals surface area (Å²) >= 11 is 5.98. The molecule has 1 saturated heterocycles. The Labute approximate surface area is 165 Å². The van der Waals surface area contributed by atoms with Crippen LogP contribution in [0.4, 0.5) is 5.69 Å². The van der Waals surface area contributed by atoms with Crippen LogP contribution in [0.3, 0.4) is 0 Å². The van der Waals surface area contributed by atoms with E-state index in [2.05, 4.69) is 0 Å². The monoisotopic (exact) mass is 406 g/mol. The Kier molecular flexibility index (Phi) is 5.77. The van der Waals surface area contributed by atoms with E-state index in [-0.39, 0.29) is 16.8 Å². The van der Waals surface area contributed by atoms with Gasteiger partial charge in [0.25, 0.3) is 15.9 Å². The third kappa shape index (κ3) is 4.12. The lowest BCUT2D eigenvalue weighted by Crippen LogP contribution is -2.42. The van der Waals surface area contributed by atoms with E-state index in [1.165, 1.54) is 23.5 Å². The van der Waals surface area contributed by atoms with Crippen molar-refractivity contribution in [3.8, 4) is 0 Å². The molecule has 0 aliphatic carbocycles. The molecule has 0 aromatic heterocycles. The molecule has 144 valence electrons. The number of carbonyl (C=O) groups excluding carboxylic acids is 1. The Balaban J connectivity index is 1.91. The first kappa shape index (κ1) is 19.7. The van der Waals surface area contributed by atoms with Gasteiger partial charge in [-0.1, -0.05) is 23.7 Å². The fourth-order valence-corrected chi connectivity index (χ4v) is 4.74. The highest BCUT2D eigenvalue weighted by Crippen LogP contribution is 2.26. The van der Waals surface area contributed by atoms with Crippen molar-refractivity contribution < 1.29 is 13.2 Å². The summed E-state index contributed by atoms with van der Waals surface area (Å²) < 4.78 is 27.2. The van der Waals surface area contributed by atoms with E-state index in [9.17, 15) is 13.2 Å². The van der Waals surface area contributed by atoms with Crippen LogP contribution < -0.4 is 4.31 Å². The Hall–Kier alpha value is -2.05. The maximum Gasteiger partial charge on any atom is 0.264 e. The minimum absolute atomic E-state index is 0.0838. The third-order valence-electron chi connectivity index (χ3n) is 4.98. The van der Waals surface area contributed by atoms with Gasteiger partial charge in [-0.3, -0.25) is 9.10 Å². The zero-order chi connectivity index (χ0) is 19.6. The minimum atomic E-state index is -3.81. The van der Waals surface area contributed by atoms with Gasteiger partial charge in [0, 0.05) is 30.2 Å². The summed E-state index contributed by atoms with van der Waals surface area (Å²) in [6, 6.07) is 13.1. The molecular formula is C20H23ClN2O3S. The quantitative estimate of drug-likeness (QED) is 0.765. The molecule has 2 aromatic carbocycles. The van der Waals surface area contributed by atoms with Crippen LogP contribution in [0.15, 0.2) is 53.4 Å². The van der Waals surface area contributed by atoms with Crippen molar-refractivity contribution >= 4 is 33.2 Å². The molecule has 1 aliphatic rings. The average Bonchev–Trinajstić information content (AvgIpc) is 2.67. The number of sulfonamides is 1. The van der Waals surface area contributed by atoms with Crippen molar-refractivity contribution in [3.63, 3.8) is 0 Å². The summed E-state index contributed by atoms with van der Waals surface area (Å²) in [5.41, 5.74) is 0.855. The highest BCUT2D eigenvalue weighted by atomic mass is 35.5. The largest absolute Gasteiger partial charge is 0.336 e. The maximum absolute atomic E-state index is 13.0. The second-order valence-corrected chi connectivity index (χ2v) is 9.23. The van der Waals surface area contributed by atoms with Gasteiger partial charge >= 0.3 is 0 Å². The lowest BCUT2D eigenvalue weighted by molar-refractivity contribution is 0.0635. The van der Waals surface area contributed by atoms with Crippen molar-refractivity contribution in [2.24, 2.45) is 0 Å². The smallest absolute Gasteiger partial charge is 0.264 e. The number of benzene rings is 2. The summed E-state index contributed by atoms with van der Waals surface area (Å²) in [6.07, 6.45) is 3.07. The first-order chi connectivity index (χ1) is 12.8. The second-order valence-electron chi connectivity index (χ2n) is 6.82. The fourth-order valence-electron chi connectivity index (χ4n) is 3.32. The van der Waals surface area contributed by atoms with Crippen LogP contribution >= 0.6 is 11.6 Å². The molecule has 0 saturated carbocycles. The van der Waals surface area contributed by atoms with Gasteiger partial charge in [-0.15, -0.1) is 0 Å². The van der Waals surface area contributed by atoms with Crippen molar-refractivity contribution in [2.45, 2.75) is 37.1 Å². The molecular weight excluding hydrogens is 384 g/mol. The molecule has 0 bridgehead atoms. The van der Waals surface area contributed by atoms with Gasteiger partial charge in [0.1, 0.15) is 0 Å². The van der Waals surface area contributed by atoms with E-state index in [0.29, 0.717) is 22.8 Å². The molecule has 1 heterocycles. The molecule has 1 atom stereocenters. The lowest BCUT2D eigenvalue weighted by atomic mass is 10.0. The third-order valence-corrected chi connectivity index (χ3v) is 6.99. The highest BCUT2D eigenvalue weighted by Gasteiger charge is 2.27. The number of hydrogen-bond donors (Lipinski definition) is 0. The first-order valence-corrected chi connectivity index (χ1v) is 10.8. The van der Waals surface area contributed by atoms with Gasteiger partial charge in [-0.05, 0) is 62.6 Å². The van der Waals surface area contributed by atoms with Gasteiger partial charge in [0.05, 0.1) is 10.6 Å². The first-order valence-electron chi connectivity index (χ1n) is 8.96. The molecule has 2 aromatic rings. The predicted molar refractivity (Wildman–Crippen MR) is 108 cm³/mol. The van der Waals surface area contributed by atoms with Crippen molar-refractivity contribution in [3.05, 3.63) is 59.1 Å². The predicted octanol–water partition coefficient (Wildman–Crippen LogP) is 4.18. The number of piperidine rings is 1. The van der Waals surface area contributed by atoms with Gasteiger partial charge < -0.3 is 4.90 Å². The SMILES string of the molecule is CC1CCCCN1C(=O)c1cccc(S(=O)(=O)N(C)c2cccc(Cl)c2)c1. The molecule has 1 unspecified atom stereocenters. The summed E-state index contributed by atoms with van der Waals surface area (Å²) in [7, 11) is -2.33.